The number of nitrogens with one attached hydrogen (secondary N) is 1. The number of amidine groups is 1. The van der Waals surface area contributed by atoms with Crippen molar-refractivity contribution in [1.29, 1.82) is 0 Å². The lowest BCUT2D eigenvalue weighted by atomic mass is 9.96. The largest absolute Gasteiger partial charge is 0.409 e. The minimum absolute atomic E-state index is 0.0485. The molecule has 1 rings (SSSR count). The molecule has 0 aliphatic heterocycles. The molecule has 0 aromatic carbocycles. The molecule has 0 aromatic rings. The van der Waals surface area contributed by atoms with Gasteiger partial charge in [-0.25, -0.2) is 4.79 Å². The molecule has 6 heteroatoms. The number of oxime groups is 1. The van der Waals surface area contributed by atoms with E-state index in [1.807, 2.05) is 13.8 Å². The van der Waals surface area contributed by atoms with Crippen LogP contribution in [0.15, 0.2) is 5.16 Å². The first-order valence-electron chi connectivity index (χ1n) is 7.08. The zero-order valence-electron chi connectivity index (χ0n) is 11.9. The van der Waals surface area contributed by atoms with Gasteiger partial charge in [0.1, 0.15) is 5.84 Å². The highest BCUT2D eigenvalue weighted by molar-refractivity contribution is 5.81. The van der Waals surface area contributed by atoms with Gasteiger partial charge in [0.2, 0.25) is 0 Å². The summed E-state index contributed by atoms with van der Waals surface area (Å²) in [6.45, 7) is 4.39. The van der Waals surface area contributed by atoms with Crippen LogP contribution in [0.3, 0.4) is 0 Å². The first-order valence-corrected chi connectivity index (χ1v) is 7.08. The summed E-state index contributed by atoms with van der Waals surface area (Å²) in [6.07, 6.45) is 6.17. The summed E-state index contributed by atoms with van der Waals surface area (Å²) in [5, 5.41) is 14.5. The second-order valence-corrected chi connectivity index (χ2v) is 5.41. The van der Waals surface area contributed by atoms with E-state index < -0.39 is 0 Å². The second-order valence-electron chi connectivity index (χ2n) is 5.41. The molecule has 19 heavy (non-hydrogen) atoms. The molecule has 1 fully saturated rings. The van der Waals surface area contributed by atoms with E-state index in [1.54, 1.807) is 4.90 Å². The van der Waals surface area contributed by atoms with Gasteiger partial charge in [-0.3, -0.25) is 0 Å². The van der Waals surface area contributed by atoms with E-state index in [9.17, 15) is 4.79 Å². The third kappa shape index (κ3) is 5.36. The molecule has 0 unspecified atom stereocenters. The zero-order valence-corrected chi connectivity index (χ0v) is 11.9. The summed E-state index contributed by atoms with van der Waals surface area (Å²) in [5.41, 5.74) is 5.45. The maximum absolute atomic E-state index is 12.2. The highest BCUT2D eigenvalue weighted by atomic mass is 16.4. The van der Waals surface area contributed by atoms with Crippen LogP contribution < -0.4 is 11.1 Å². The number of amides is 2. The summed E-state index contributed by atoms with van der Waals surface area (Å²) < 4.78 is 0. The average Bonchev–Trinajstić information content (AvgIpc) is 2.39. The van der Waals surface area contributed by atoms with Crippen LogP contribution in [0.2, 0.25) is 0 Å². The van der Waals surface area contributed by atoms with Gasteiger partial charge in [-0.1, -0.05) is 24.4 Å². The highest BCUT2D eigenvalue weighted by Gasteiger charge is 2.21. The van der Waals surface area contributed by atoms with Crippen molar-refractivity contribution >= 4 is 11.9 Å². The van der Waals surface area contributed by atoms with E-state index in [1.165, 1.54) is 19.3 Å². The summed E-state index contributed by atoms with van der Waals surface area (Å²) in [6, 6.07) is 0.342. The van der Waals surface area contributed by atoms with Crippen molar-refractivity contribution in [3.8, 4) is 0 Å². The lowest BCUT2D eigenvalue weighted by Gasteiger charge is -2.30. The van der Waals surface area contributed by atoms with E-state index in [2.05, 4.69) is 10.5 Å². The Labute approximate surface area is 115 Å². The van der Waals surface area contributed by atoms with E-state index in [-0.39, 0.29) is 17.9 Å². The molecule has 0 heterocycles. The number of carbonyl (C=O) groups is 1. The molecular formula is C13H26N4O2. The topological polar surface area (TPSA) is 90.9 Å². The molecule has 1 aliphatic rings. The van der Waals surface area contributed by atoms with Gasteiger partial charge in [-0.15, -0.1) is 0 Å². The van der Waals surface area contributed by atoms with Crippen molar-refractivity contribution in [1.82, 2.24) is 10.2 Å². The Hall–Kier alpha value is -1.46. The molecule has 110 valence electrons. The van der Waals surface area contributed by atoms with Crippen molar-refractivity contribution in [3.63, 3.8) is 0 Å². The van der Waals surface area contributed by atoms with Crippen LogP contribution in [0.5, 0.6) is 0 Å². The maximum Gasteiger partial charge on any atom is 0.317 e. The molecule has 4 N–H and O–H groups in total. The van der Waals surface area contributed by atoms with Crippen LogP contribution in [0.25, 0.3) is 0 Å². The lowest BCUT2D eigenvalue weighted by molar-refractivity contribution is 0.177. The quantitative estimate of drug-likeness (QED) is 0.308. The van der Waals surface area contributed by atoms with Gasteiger partial charge in [0.15, 0.2) is 0 Å². The maximum atomic E-state index is 12.2. The molecule has 0 aromatic heterocycles. The van der Waals surface area contributed by atoms with Crippen LogP contribution in [-0.4, -0.2) is 40.6 Å². The normalized spacial score (nSPS) is 17.5. The van der Waals surface area contributed by atoms with Crippen molar-refractivity contribution in [2.45, 2.75) is 64.5 Å². The fourth-order valence-electron chi connectivity index (χ4n) is 2.38. The number of nitrogens with two attached hydrogens (primary N) is 1. The SMILES string of the molecule is CC(C)N(CC/C(N)=N/O)C(=O)NC1CCCCC1. The molecular weight excluding hydrogens is 244 g/mol. The van der Waals surface area contributed by atoms with Crippen molar-refractivity contribution in [2.24, 2.45) is 10.9 Å². The number of urea groups is 1. The van der Waals surface area contributed by atoms with Crippen LogP contribution >= 0.6 is 0 Å². The Balaban J connectivity index is 2.47. The van der Waals surface area contributed by atoms with Crippen molar-refractivity contribution in [2.75, 3.05) is 6.54 Å². The first-order chi connectivity index (χ1) is 9.04. The Morgan fingerprint density at radius 2 is 2.05 bits per heavy atom. The van der Waals surface area contributed by atoms with Crippen molar-refractivity contribution in [3.05, 3.63) is 0 Å². The summed E-state index contributed by atoms with van der Waals surface area (Å²) in [5.74, 6) is 0.149. The van der Waals surface area contributed by atoms with Crippen molar-refractivity contribution < 1.29 is 10.0 Å². The van der Waals surface area contributed by atoms with Gasteiger partial charge < -0.3 is 21.2 Å². The molecule has 1 aliphatic carbocycles. The summed E-state index contributed by atoms with van der Waals surface area (Å²) in [4.78, 5) is 14.0. The molecule has 6 nitrogen and oxygen atoms in total. The Morgan fingerprint density at radius 1 is 1.42 bits per heavy atom. The Morgan fingerprint density at radius 3 is 2.58 bits per heavy atom. The van der Waals surface area contributed by atoms with Gasteiger partial charge in [-0.05, 0) is 26.7 Å². The molecule has 0 spiro atoms. The highest BCUT2D eigenvalue weighted by Crippen LogP contribution is 2.17. The Bertz CT molecular complexity index is 312. The summed E-state index contributed by atoms with van der Waals surface area (Å²) in [7, 11) is 0. The molecule has 0 saturated heterocycles. The van der Waals surface area contributed by atoms with Gasteiger partial charge in [0.05, 0.1) is 0 Å². The van der Waals surface area contributed by atoms with E-state index >= 15 is 0 Å². The van der Waals surface area contributed by atoms with Crippen LogP contribution in [0, 0.1) is 0 Å². The minimum atomic E-state index is -0.0485. The Kier molecular flexibility index (Phi) is 6.45. The lowest BCUT2D eigenvalue weighted by Crippen LogP contribution is -2.49. The molecule has 0 radical (unpaired) electrons. The number of nitrogens with zero attached hydrogens (tertiary/aromatic N) is 2. The second kappa shape index (κ2) is 7.86. The average molecular weight is 270 g/mol. The zero-order chi connectivity index (χ0) is 14.3. The van der Waals surface area contributed by atoms with Crippen LogP contribution in [0.1, 0.15) is 52.4 Å². The third-order valence-corrected chi connectivity index (χ3v) is 3.55. The molecule has 1 saturated carbocycles. The summed E-state index contributed by atoms with van der Waals surface area (Å²) >= 11 is 0. The molecule has 0 bridgehead atoms. The van der Waals surface area contributed by atoms with E-state index in [0.29, 0.717) is 19.0 Å². The van der Waals surface area contributed by atoms with E-state index in [4.69, 9.17) is 10.9 Å². The standard InChI is InChI=1S/C13H26N4O2/c1-10(2)17(9-8-12(14)16-19)13(18)15-11-6-4-3-5-7-11/h10-11,19H,3-9H2,1-2H3,(H2,14,16)(H,15,18). The number of hydrogen-bond donors (Lipinski definition) is 3. The number of rotatable bonds is 5. The fourth-order valence-corrected chi connectivity index (χ4v) is 2.38. The molecule has 2 amide bonds. The number of carbonyl (C=O) groups excluding carboxylic acids is 1. The van der Waals surface area contributed by atoms with Gasteiger partial charge >= 0.3 is 6.03 Å². The van der Waals surface area contributed by atoms with Gasteiger partial charge in [0, 0.05) is 25.0 Å². The monoisotopic (exact) mass is 270 g/mol. The van der Waals surface area contributed by atoms with Gasteiger partial charge in [-0.2, -0.15) is 0 Å². The number of hydrogen-bond acceptors (Lipinski definition) is 3. The van der Waals surface area contributed by atoms with Crippen LogP contribution in [0.4, 0.5) is 4.79 Å². The third-order valence-electron chi connectivity index (χ3n) is 3.55. The minimum Gasteiger partial charge on any atom is -0.409 e. The predicted molar refractivity (Wildman–Crippen MR) is 75.3 cm³/mol. The molecule has 0 atom stereocenters. The first kappa shape index (κ1) is 15.6. The van der Waals surface area contributed by atoms with Crippen LogP contribution in [-0.2, 0) is 0 Å². The fraction of sp³-hybridized carbons (Fsp3) is 0.846. The smallest absolute Gasteiger partial charge is 0.317 e. The van der Waals surface area contributed by atoms with Gasteiger partial charge in [0.25, 0.3) is 0 Å². The predicted octanol–water partition coefficient (Wildman–Crippen LogP) is 1.88. The van der Waals surface area contributed by atoms with E-state index in [0.717, 1.165) is 12.8 Å².